The summed E-state index contributed by atoms with van der Waals surface area (Å²) >= 11 is 6.13. The number of rotatable bonds is 1. The van der Waals surface area contributed by atoms with Crippen LogP contribution in [0.2, 0.25) is 5.02 Å². The number of hydrogen-bond donors (Lipinski definition) is 1. The molecule has 2 N–H and O–H groups in total. The van der Waals surface area contributed by atoms with Crippen molar-refractivity contribution in [2.75, 3.05) is 5.73 Å². The van der Waals surface area contributed by atoms with E-state index in [1.54, 1.807) is 5.57 Å². The fraction of sp³-hybridized carbons (Fsp3) is 0.389. The van der Waals surface area contributed by atoms with Gasteiger partial charge in [0.15, 0.2) is 0 Å². The molecule has 0 aliphatic heterocycles. The van der Waals surface area contributed by atoms with Gasteiger partial charge >= 0.3 is 0 Å². The first-order valence-electron chi connectivity index (χ1n) is 7.72. The first-order chi connectivity index (χ1) is 10.2. The van der Waals surface area contributed by atoms with Crippen LogP contribution in [0, 0.1) is 5.92 Å². The van der Waals surface area contributed by atoms with Gasteiger partial charge in [-0.15, -0.1) is 0 Å². The summed E-state index contributed by atoms with van der Waals surface area (Å²) in [5.41, 5.74) is 12.5. The van der Waals surface area contributed by atoms with E-state index in [0.717, 1.165) is 40.9 Å². The molecule has 0 spiro atoms. The minimum absolute atomic E-state index is 0.537. The molecule has 1 aromatic heterocycles. The van der Waals surface area contributed by atoms with Crippen LogP contribution in [0.3, 0.4) is 0 Å². The number of nitrogen functional groups attached to an aromatic ring is 1. The summed E-state index contributed by atoms with van der Waals surface area (Å²) in [4.78, 5) is 4.88. The molecule has 1 aromatic carbocycles. The molecule has 21 heavy (non-hydrogen) atoms. The first kappa shape index (κ1) is 13.1. The molecule has 2 aliphatic rings. The summed E-state index contributed by atoms with van der Waals surface area (Å²) < 4.78 is 0. The molecule has 1 heterocycles. The van der Waals surface area contributed by atoms with Gasteiger partial charge < -0.3 is 5.73 Å². The highest BCUT2D eigenvalue weighted by atomic mass is 35.5. The van der Waals surface area contributed by atoms with Crippen molar-refractivity contribution in [1.82, 2.24) is 4.98 Å². The number of halogens is 1. The number of pyridine rings is 1. The normalized spacial score (nSPS) is 23.8. The van der Waals surface area contributed by atoms with Crippen molar-refractivity contribution in [2.24, 2.45) is 5.92 Å². The van der Waals surface area contributed by atoms with Gasteiger partial charge in [0.2, 0.25) is 0 Å². The minimum Gasteiger partial charge on any atom is -0.398 e. The third-order valence-electron chi connectivity index (χ3n) is 4.99. The zero-order chi connectivity index (χ0) is 14.6. The number of allylic oxidation sites excluding steroid dienone is 2. The molecule has 2 nitrogen and oxygen atoms in total. The lowest BCUT2D eigenvalue weighted by atomic mass is 9.70. The van der Waals surface area contributed by atoms with Gasteiger partial charge in [-0.3, -0.25) is 4.98 Å². The number of aromatic nitrogens is 1. The predicted molar refractivity (Wildman–Crippen MR) is 88.7 cm³/mol. The van der Waals surface area contributed by atoms with Gasteiger partial charge in [0, 0.05) is 27.4 Å². The molecule has 2 aromatic rings. The standard InChI is InChI=1S/C18H19ClN2/c1-2-10-5-11-7-12(6-10)17-16(8-11)21-15-4-3-13(19)9-14(15)18(17)20/h3-5,9,11-12H,2,6-8H2,1H3,(H2,20,21)/t11-,12-/m1/s1. The summed E-state index contributed by atoms with van der Waals surface area (Å²) in [6.45, 7) is 2.25. The molecule has 2 aliphatic carbocycles. The Hall–Kier alpha value is -1.54. The number of nitrogens with two attached hydrogens (primary N) is 1. The first-order valence-corrected chi connectivity index (χ1v) is 8.10. The van der Waals surface area contributed by atoms with Crippen molar-refractivity contribution in [3.05, 3.63) is 46.1 Å². The fourth-order valence-corrected chi connectivity index (χ4v) is 4.22. The van der Waals surface area contributed by atoms with Gasteiger partial charge in [0.25, 0.3) is 0 Å². The van der Waals surface area contributed by atoms with Crippen molar-refractivity contribution in [2.45, 2.75) is 38.5 Å². The van der Waals surface area contributed by atoms with Gasteiger partial charge in [0.1, 0.15) is 0 Å². The van der Waals surface area contributed by atoms with E-state index in [4.69, 9.17) is 22.3 Å². The Morgan fingerprint density at radius 3 is 3.00 bits per heavy atom. The highest BCUT2D eigenvalue weighted by Gasteiger charge is 2.33. The Morgan fingerprint density at radius 2 is 2.19 bits per heavy atom. The zero-order valence-electron chi connectivity index (χ0n) is 12.2. The topological polar surface area (TPSA) is 38.9 Å². The summed E-state index contributed by atoms with van der Waals surface area (Å²) in [7, 11) is 0. The number of fused-ring (bicyclic) bond motifs is 5. The van der Waals surface area contributed by atoms with E-state index in [9.17, 15) is 0 Å². The van der Waals surface area contributed by atoms with E-state index in [2.05, 4.69) is 13.0 Å². The molecular formula is C18H19ClN2. The third kappa shape index (κ3) is 2.04. The summed E-state index contributed by atoms with van der Waals surface area (Å²) in [6, 6.07) is 5.82. The molecule has 0 radical (unpaired) electrons. The zero-order valence-corrected chi connectivity index (χ0v) is 13.0. The molecule has 4 rings (SSSR count). The van der Waals surface area contributed by atoms with Crippen LogP contribution in [0.5, 0.6) is 0 Å². The van der Waals surface area contributed by atoms with Crippen molar-refractivity contribution in [3.8, 4) is 0 Å². The van der Waals surface area contributed by atoms with Crippen molar-refractivity contribution in [1.29, 1.82) is 0 Å². The van der Waals surface area contributed by atoms with E-state index in [1.165, 1.54) is 17.7 Å². The second kappa shape index (κ2) is 4.74. The van der Waals surface area contributed by atoms with Crippen molar-refractivity contribution >= 4 is 28.2 Å². The van der Waals surface area contributed by atoms with Crippen LogP contribution < -0.4 is 5.73 Å². The summed E-state index contributed by atoms with van der Waals surface area (Å²) in [6.07, 6.45) is 7.00. The maximum atomic E-state index is 6.51. The highest BCUT2D eigenvalue weighted by Crippen LogP contribution is 2.47. The molecular weight excluding hydrogens is 280 g/mol. The van der Waals surface area contributed by atoms with Gasteiger partial charge in [-0.05, 0) is 55.7 Å². The Labute approximate surface area is 130 Å². The van der Waals surface area contributed by atoms with Gasteiger partial charge in [0.05, 0.1) is 5.52 Å². The Balaban J connectivity index is 1.92. The van der Waals surface area contributed by atoms with E-state index >= 15 is 0 Å². The molecule has 2 atom stereocenters. The average Bonchev–Trinajstić information content (AvgIpc) is 2.47. The summed E-state index contributed by atoms with van der Waals surface area (Å²) in [5, 5.41) is 1.73. The van der Waals surface area contributed by atoms with Gasteiger partial charge in [-0.25, -0.2) is 0 Å². The number of benzene rings is 1. The van der Waals surface area contributed by atoms with E-state index < -0.39 is 0 Å². The minimum atomic E-state index is 0.537. The van der Waals surface area contributed by atoms with Gasteiger partial charge in [-0.2, -0.15) is 0 Å². The number of anilines is 1. The Kier molecular flexibility index (Phi) is 2.97. The molecule has 3 heteroatoms. The maximum absolute atomic E-state index is 6.51. The van der Waals surface area contributed by atoms with Crippen LogP contribution >= 0.6 is 11.6 Å². The third-order valence-corrected chi connectivity index (χ3v) is 5.23. The maximum Gasteiger partial charge on any atom is 0.0727 e. The van der Waals surface area contributed by atoms with Crippen LogP contribution in [-0.4, -0.2) is 4.98 Å². The molecule has 0 saturated heterocycles. The number of nitrogens with zero attached hydrogens (tertiary/aromatic N) is 1. The van der Waals surface area contributed by atoms with Crippen LogP contribution in [0.4, 0.5) is 5.69 Å². The summed E-state index contributed by atoms with van der Waals surface area (Å²) in [5.74, 6) is 1.18. The Bertz CT molecular complexity index is 763. The van der Waals surface area contributed by atoms with E-state index in [0.29, 0.717) is 11.8 Å². The average molecular weight is 299 g/mol. The van der Waals surface area contributed by atoms with Crippen LogP contribution in [0.15, 0.2) is 29.8 Å². The SMILES string of the molecule is CCC1=C[C@H]2Cc3nc4ccc(Cl)cc4c(N)c3[C@H](C1)C2. The van der Waals surface area contributed by atoms with Crippen LogP contribution in [0.25, 0.3) is 10.9 Å². The highest BCUT2D eigenvalue weighted by molar-refractivity contribution is 6.31. The second-order valence-corrected chi connectivity index (χ2v) is 6.76. The van der Waals surface area contributed by atoms with E-state index in [1.807, 2.05) is 18.2 Å². The largest absolute Gasteiger partial charge is 0.398 e. The molecule has 0 amide bonds. The van der Waals surface area contributed by atoms with Crippen LogP contribution in [-0.2, 0) is 6.42 Å². The molecule has 0 fully saturated rings. The van der Waals surface area contributed by atoms with Crippen LogP contribution in [0.1, 0.15) is 43.4 Å². The van der Waals surface area contributed by atoms with Crippen molar-refractivity contribution in [3.63, 3.8) is 0 Å². The smallest absolute Gasteiger partial charge is 0.0727 e. The second-order valence-electron chi connectivity index (χ2n) is 6.33. The molecule has 2 bridgehead atoms. The molecule has 0 saturated carbocycles. The number of hydrogen-bond acceptors (Lipinski definition) is 2. The lowest BCUT2D eigenvalue weighted by molar-refractivity contribution is 0.429. The quantitative estimate of drug-likeness (QED) is 0.764. The van der Waals surface area contributed by atoms with Crippen molar-refractivity contribution < 1.29 is 0 Å². The van der Waals surface area contributed by atoms with Gasteiger partial charge in [-0.1, -0.05) is 30.2 Å². The Morgan fingerprint density at radius 1 is 1.33 bits per heavy atom. The predicted octanol–water partition coefficient (Wildman–Crippen LogP) is 4.86. The lowest BCUT2D eigenvalue weighted by Crippen LogP contribution is -2.24. The monoisotopic (exact) mass is 298 g/mol. The molecule has 0 unspecified atom stereocenters. The lowest BCUT2D eigenvalue weighted by Gasteiger charge is -2.35. The molecule has 108 valence electrons. The van der Waals surface area contributed by atoms with E-state index in [-0.39, 0.29) is 0 Å². The fourth-order valence-electron chi connectivity index (χ4n) is 4.05.